The van der Waals surface area contributed by atoms with Gasteiger partial charge in [-0.2, -0.15) is 0 Å². The molecule has 1 aromatic rings. The van der Waals surface area contributed by atoms with E-state index in [0.29, 0.717) is 12.1 Å². The molecule has 1 aromatic carbocycles. The number of fused-ring (bicyclic) bond motifs is 1. The van der Waals surface area contributed by atoms with Crippen molar-refractivity contribution in [3.8, 4) is 0 Å². The van der Waals surface area contributed by atoms with Crippen LogP contribution in [0, 0.1) is 0 Å². The highest BCUT2D eigenvalue weighted by Gasteiger charge is 2.32. The number of anilines is 2. The standard InChI is InChI=1S/C17H24BrN3O/c1-11-9-20(10-12(2)19(11)4)15-6-5-14-7-17(18)21(13(3)22)16(14)8-15/h5-6,8,11-12,17H,7,9-10H2,1-4H3/t11-,12+,17?. The lowest BCUT2D eigenvalue weighted by molar-refractivity contribution is -0.116. The molecule has 0 aromatic heterocycles. The fourth-order valence-corrected chi connectivity index (χ4v) is 4.41. The van der Waals surface area contributed by atoms with Crippen molar-refractivity contribution < 1.29 is 4.79 Å². The molecule has 1 amide bonds. The Kier molecular flexibility index (Phi) is 4.21. The van der Waals surface area contributed by atoms with Crippen LogP contribution in [0.3, 0.4) is 0 Å². The Morgan fingerprint density at radius 2 is 1.86 bits per heavy atom. The van der Waals surface area contributed by atoms with Crippen LogP contribution in [0.1, 0.15) is 26.3 Å². The molecule has 0 aliphatic carbocycles. The first-order chi connectivity index (χ1) is 10.4. The summed E-state index contributed by atoms with van der Waals surface area (Å²) in [6, 6.07) is 7.63. The van der Waals surface area contributed by atoms with Crippen molar-refractivity contribution >= 4 is 33.2 Å². The van der Waals surface area contributed by atoms with Gasteiger partial charge in [-0.05, 0) is 38.6 Å². The molecular formula is C17H24BrN3O. The van der Waals surface area contributed by atoms with Crippen LogP contribution >= 0.6 is 15.9 Å². The van der Waals surface area contributed by atoms with E-state index in [9.17, 15) is 4.79 Å². The minimum Gasteiger partial charge on any atom is -0.368 e. The van der Waals surface area contributed by atoms with Crippen molar-refractivity contribution in [1.29, 1.82) is 0 Å². The van der Waals surface area contributed by atoms with Gasteiger partial charge in [0.05, 0.1) is 10.6 Å². The van der Waals surface area contributed by atoms with E-state index in [0.717, 1.165) is 25.2 Å². The van der Waals surface area contributed by atoms with Crippen LogP contribution in [0.25, 0.3) is 0 Å². The molecule has 1 saturated heterocycles. The molecule has 0 bridgehead atoms. The number of amides is 1. The second-order valence-corrected chi connectivity index (χ2v) is 7.67. The second kappa shape index (κ2) is 5.85. The maximum absolute atomic E-state index is 11.9. The summed E-state index contributed by atoms with van der Waals surface area (Å²) in [5.41, 5.74) is 3.53. The normalized spacial score (nSPS) is 28.9. The quantitative estimate of drug-likeness (QED) is 0.565. The third-order valence-electron chi connectivity index (χ3n) is 5.06. The first-order valence-electron chi connectivity index (χ1n) is 7.92. The van der Waals surface area contributed by atoms with E-state index in [1.165, 1.54) is 11.3 Å². The smallest absolute Gasteiger partial charge is 0.224 e. The Labute approximate surface area is 141 Å². The molecule has 0 radical (unpaired) electrons. The lowest BCUT2D eigenvalue weighted by Crippen LogP contribution is -2.55. The van der Waals surface area contributed by atoms with Crippen molar-refractivity contribution in [2.24, 2.45) is 0 Å². The van der Waals surface area contributed by atoms with Gasteiger partial charge >= 0.3 is 0 Å². The highest BCUT2D eigenvalue weighted by molar-refractivity contribution is 9.09. The first-order valence-corrected chi connectivity index (χ1v) is 8.83. The summed E-state index contributed by atoms with van der Waals surface area (Å²) in [5, 5.41) is 0. The zero-order valence-corrected chi connectivity index (χ0v) is 15.3. The monoisotopic (exact) mass is 365 g/mol. The number of likely N-dealkylation sites (N-methyl/N-ethyl adjacent to an activating group) is 1. The number of rotatable bonds is 1. The molecule has 1 fully saturated rings. The molecule has 2 aliphatic rings. The van der Waals surface area contributed by atoms with Crippen LogP contribution < -0.4 is 9.80 Å². The number of piperazine rings is 1. The lowest BCUT2D eigenvalue weighted by Gasteiger charge is -2.43. The highest BCUT2D eigenvalue weighted by Crippen LogP contribution is 2.38. The van der Waals surface area contributed by atoms with E-state index >= 15 is 0 Å². The predicted octanol–water partition coefficient (Wildman–Crippen LogP) is 2.85. The number of halogens is 1. The summed E-state index contributed by atoms with van der Waals surface area (Å²) in [7, 11) is 2.20. The van der Waals surface area contributed by atoms with Crippen molar-refractivity contribution in [2.45, 2.75) is 44.2 Å². The van der Waals surface area contributed by atoms with Gasteiger partial charge in [0.25, 0.3) is 0 Å². The third-order valence-corrected chi connectivity index (χ3v) is 5.79. The van der Waals surface area contributed by atoms with Crippen LogP contribution in [0.15, 0.2) is 18.2 Å². The van der Waals surface area contributed by atoms with Gasteiger partial charge in [0.1, 0.15) is 0 Å². The number of benzene rings is 1. The SMILES string of the molecule is CC(=O)N1c2cc(N3C[C@@H](C)N(C)[C@@H](C)C3)ccc2CC1Br. The molecule has 0 saturated carbocycles. The Hall–Kier alpha value is -1.07. The van der Waals surface area contributed by atoms with E-state index in [-0.39, 0.29) is 10.9 Å². The second-order valence-electron chi connectivity index (χ2n) is 6.61. The van der Waals surface area contributed by atoms with Gasteiger partial charge in [0, 0.05) is 44.2 Å². The number of nitrogens with zero attached hydrogens (tertiary/aromatic N) is 3. The maximum Gasteiger partial charge on any atom is 0.224 e. The van der Waals surface area contributed by atoms with Crippen LogP contribution in [0.2, 0.25) is 0 Å². The Balaban J connectivity index is 1.90. The van der Waals surface area contributed by atoms with Gasteiger partial charge in [-0.3, -0.25) is 14.6 Å². The molecule has 3 atom stereocenters. The number of carbonyl (C=O) groups is 1. The molecule has 4 nitrogen and oxygen atoms in total. The highest BCUT2D eigenvalue weighted by atomic mass is 79.9. The topological polar surface area (TPSA) is 26.8 Å². The minimum absolute atomic E-state index is 0.0839. The minimum atomic E-state index is 0.0839. The average molecular weight is 366 g/mol. The summed E-state index contributed by atoms with van der Waals surface area (Å²) in [6.45, 7) is 8.23. The zero-order chi connectivity index (χ0) is 16.0. The molecule has 0 spiro atoms. The number of alkyl halides is 1. The third kappa shape index (κ3) is 2.65. The molecule has 1 unspecified atom stereocenters. The molecule has 5 heteroatoms. The fourth-order valence-electron chi connectivity index (χ4n) is 3.55. The summed E-state index contributed by atoms with van der Waals surface area (Å²) >= 11 is 3.62. The maximum atomic E-state index is 11.9. The van der Waals surface area contributed by atoms with Crippen molar-refractivity contribution in [2.75, 3.05) is 29.9 Å². The number of hydrogen-bond acceptors (Lipinski definition) is 3. The van der Waals surface area contributed by atoms with E-state index in [2.05, 4.69) is 64.8 Å². The van der Waals surface area contributed by atoms with Crippen LogP contribution in [0.4, 0.5) is 11.4 Å². The lowest BCUT2D eigenvalue weighted by atomic mass is 10.1. The molecule has 0 N–H and O–H groups in total. The van der Waals surface area contributed by atoms with Crippen molar-refractivity contribution in [3.05, 3.63) is 23.8 Å². The van der Waals surface area contributed by atoms with Crippen molar-refractivity contribution in [1.82, 2.24) is 4.90 Å². The molecule has 22 heavy (non-hydrogen) atoms. The van der Waals surface area contributed by atoms with Gasteiger partial charge in [-0.1, -0.05) is 22.0 Å². The van der Waals surface area contributed by atoms with Crippen LogP contribution in [0.5, 0.6) is 0 Å². The van der Waals surface area contributed by atoms with E-state index in [1.54, 1.807) is 6.92 Å². The molecule has 2 aliphatic heterocycles. The zero-order valence-electron chi connectivity index (χ0n) is 13.7. The van der Waals surface area contributed by atoms with Crippen LogP contribution in [-0.2, 0) is 11.2 Å². The number of hydrogen-bond donors (Lipinski definition) is 0. The van der Waals surface area contributed by atoms with Gasteiger partial charge in [0.2, 0.25) is 5.91 Å². The number of carbonyl (C=O) groups excluding carboxylic acids is 1. The Bertz CT molecular complexity index is 579. The summed E-state index contributed by atoms with van der Waals surface area (Å²) < 4.78 is 0. The van der Waals surface area contributed by atoms with Gasteiger partial charge in [-0.25, -0.2) is 0 Å². The fraction of sp³-hybridized carbons (Fsp3) is 0.588. The van der Waals surface area contributed by atoms with Gasteiger partial charge in [-0.15, -0.1) is 0 Å². The Morgan fingerprint density at radius 1 is 1.23 bits per heavy atom. The summed E-state index contributed by atoms with van der Waals surface area (Å²) in [5.74, 6) is 0.0953. The van der Waals surface area contributed by atoms with E-state index in [4.69, 9.17) is 0 Å². The predicted molar refractivity (Wildman–Crippen MR) is 94.9 cm³/mol. The Morgan fingerprint density at radius 3 is 2.45 bits per heavy atom. The van der Waals surface area contributed by atoms with E-state index < -0.39 is 0 Å². The van der Waals surface area contributed by atoms with Crippen LogP contribution in [-0.4, -0.2) is 48.0 Å². The molecule has 3 rings (SSSR count). The van der Waals surface area contributed by atoms with E-state index in [1.807, 2.05) is 4.90 Å². The summed E-state index contributed by atoms with van der Waals surface area (Å²) in [6.07, 6.45) is 0.880. The largest absolute Gasteiger partial charge is 0.368 e. The first kappa shape index (κ1) is 15.8. The molecule has 2 heterocycles. The molecule has 120 valence electrons. The van der Waals surface area contributed by atoms with Gasteiger partial charge in [0.15, 0.2) is 0 Å². The van der Waals surface area contributed by atoms with Crippen molar-refractivity contribution in [3.63, 3.8) is 0 Å². The molecular weight excluding hydrogens is 342 g/mol. The van der Waals surface area contributed by atoms with Gasteiger partial charge < -0.3 is 4.90 Å². The summed E-state index contributed by atoms with van der Waals surface area (Å²) in [4.78, 5) is 18.7. The average Bonchev–Trinajstić information content (AvgIpc) is 2.79.